The van der Waals surface area contributed by atoms with E-state index in [4.69, 9.17) is 15.2 Å². The number of nitrogens with two attached hydrogens (primary N) is 1. The van der Waals surface area contributed by atoms with E-state index in [2.05, 4.69) is 0 Å². The second kappa shape index (κ2) is 6.54. The third-order valence-electron chi connectivity index (χ3n) is 3.28. The van der Waals surface area contributed by atoms with Gasteiger partial charge >= 0.3 is 0 Å². The lowest BCUT2D eigenvalue weighted by Crippen LogP contribution is -2.16. The summed E-state index contributed by atoms with van der Waals surface area (Å²) in [6.45, 7) is 0. The van der Waals surface area contributed by atoms with Gasteiger partial charge < -0.3 is 15.2 Å². The van der Waals surface area contributed by atoms with Gasteiger partial charge in [-0.3, -0.25) is 0 Å². The van der Waals surface area contributed by atoms with Crippen molar-refractivity contribution in [1.82, 2.24) is 0 Å². The predicted octanol–water partition coefficient (Wildman–Crippen LogP) is 3.22. The molecule has 3 nitrogen and oxygen atoms in total. The molecule has 1 unspecified atom stereocenters. The summed E-state index contributed by atoms with van der Waals surface area (Å²) in [6, 6.07) is 8.66. The molecule has 2 aromatic carbocycles. The second-order valence-corrected chi connectivity index (χ2v) is 4.64. The van der Waals surface area contributed by atoms with Gasteiger partial charge in [0.1, 0.15) is 11.5 Å². The van der Waals surface area contributed by atoms with Gasteiger partial charge in [-0.2, -0.15) is 0 Å². The highest BCUT2D eigenvalue weighted by Gasteiger charge is 2.18. The van der Waals surface area contributed by atoms with Gasteiger partial charge in [-0.05, 0) is 36.2 Å². The molecular formula is C16H17F2NO2. The Bertz CT molecular complexity index is 609. The normalized spacial score (nSPS) is 12.0. The zero-order valence-corrected chi connectivity index (χ0v) is 11.9. The molecule has 112 valence electrons. The number of halogens is 2. The van der Waals surface area contributed by atoms with Crippen LogP contribution in [0.5, 0.6) is 11.5 Å². The summed E-state index contributed by atoms with van der Waals surface area (Å²) in [7, 11) is 3.09. The Morgan fingerprint density at radius 3 is 2.14 bits per heavy atom. The molecule has 0 bridgehead atoms. The zero-order chi connectivity index (χ0) is 15.4. The Balaban J connectivity index is 2.31. The van der Waals surface area contributed by atoms with Crippen molar-refractivity contribution < 1.29 is 18.3 Å². The Labute approximate surface area is 122 Å². The molecule has 2 N–H and O–H groups in total. The summed E-state index contributed by atoms with van der Waals surface area (Å²) in [5.74, 6) is -0.553. The third kappa shape index (κ3) is 3.31. The van der Waals surface area contributed by atoms with Crippen molar-refractivity contribution >= 4 is 0 Å². The van der Waals surface area contributed by atoms with Gasteiger partial charge in [-0.25, -0.2) is 8.78 Å². The molecule has 2 aromatic rings. The van der Waals surface area contributed by atoms with Crippen LogP contribution in [0.15, 0.2) is 36.4 Å². The average Bonchev–Trinajstić information content (AvgIpc) is 2.49. The van der Waals surface area contributed by atoms with Gasteiger partial charge in [-0.1, -0.05) is 12.1 Å². The van der Waals surface area contributed by atoms with Crippen molar-refractivity contribution in [3.8, 4) is 11.5 Å². The Kier molecular flexibility index (Phi) is 4.75. The standard InChI is InChI=1S/C16H17F2NO2/c1-20-14-4-3-5-15(21-2)16(14)13(19)9-10-6-7-11(17)12(18)8-10/h3-8,13H,9,19H2,1-2H3. The minimum Gasteiger partial charge on any atom is -0.496 e. The van der Waals surface area contributed by atoms with Crippen molar-refractivity contribution in [1.29, 1.82) is 0 Å². The maximum atomic E-state index is 13.3. The lowest BCUT2D eigenvalue weighted by Gasteiger charge is -2.19. The van der Waals surface area contributed by atoms with Crippen LogP contribution < -0.4 is 15.2 Å². The number of methoxy groups -OCH3 is 2. The van der Waals surface area contributed by atoms with Crippen molar-refractivity contribution in [3.63, 3.8) is 0 Å². The van der Waals surface area contributed by atoms with E-state index in [1.54, 1.807) is 32.4 Å². The molecule has 0 aliphatic heterocycles. The maximum absolute atomic E-state index is 13.3. The predicted molar refractivity (Wildman–Crippen MR) is 76.5 cm³/mol. The molecule has 0 radical (unpaired) electrons. The molecule has 0 aromatic heterocycles. The van der Waals surface area contributed by atoms with Crippen LogP contribution >= 0.6 is 0 Å². The monoisotopic (exact) mass is 293 g/mol. The van der Waals surface area contributed by atoms with E-state index in [9.17, 15) is 8.78 Å². The number of benzene rings is 2. The van der Waals surface area contributed by atoms with E-state index in [1.807, 2.05) is 0 Å². The quantitative estimate of drug-likeness (QED) is 0.920. The van der Waals surface area contributed by atoms with E-state index in [1.165, 1.54) is 6.07 Å². The summed E-state index contributed by atoms with van der Waals surface area (Å²) in [5, 5.41) is 0. The topological polar surface area (TPSA) is 44.5 Å². The van der Waals surface area contributed by atoms with Crippen LogP contribution in [0.1, 0.15) is 17.2 Å². The highest BCUT2D eigenvalue weighted by atomic mass is 19.2. The highest BCUT2D eigenvalue weighted by molar-refractivity contribution is 5.47. The molecule has 21 heavy (non-hydrogen) atoms. The average molecular weight is 293 g/mol. The Morgan fingerprint density at radius 2 is 1.62 bits per heavy atom. The van der Waals surface area contributed by atoms with Gasteiger partial charge in [0.25, 0.3) is 0 Å². The fourth-order valence-electron chi connectivity index (χ4n) is 2.27. The molecule has 0 amide bonds. The van der Waals surface area contributed by atoms with Crippen molar-refractivity contribution in [2.45, 2.75) is 12.5 Å². The smallest absolute Gasteiger partial charge is 0.159 e. The minimum absolute atomic E-state index is 0.341. The summed E-state index contributed by atoms with van der Waals surface area (Å²) in [4.78, 5) is 0. The molecule has 0 aliphatic rings. The Morgan fingerprint density at radius 1 is 1.00 bits per heavy atom. The van der Waals surface area contributed by atoms with Crippen LogP contribution in [-0.4, -0.2) is 14.2 Å². The van der Waals surface area contributed by atoms with Crippen LogP contribution in [0.25, 0.3) is 0 Å². The largest absolute Gasteiger partial charge is 0.496 e. The van der Waals surface area contributed by atoms with E-state index < -0.39 is 17.7 Å². The van der Waals surface area contributed by atoms with E-state index >= 15 is 0 Å². The third-order valence-corrected chi connectivity index (χ3v) is 3.28. The maximum Gasteiger partial charge on any atom is 0.159 e. The van der Waals surface area contributed by atoms with Gasteiger partial charge in [0.15, 0.2) is 11.6 Å². The fraction of sp³-hybridized carbons (Fsp3) is 0.250. The number of rotatable bonds is 5. The lowest BCUT2D eigenvalue weighted by molar-refractivity contribution is 0.378. The summed E-state index contributed by atoms with van der Waals surface area (Å²) < 4.78 is 36.8. The van der Waals surface area contributed by atoms with Gasteiger partial charge in [0.05, 0.1) is 19.8 Å². The first-order chi connectivity index (χ1) is 10.1. The molecule has 2 rings (SSSR count). The summed E-state index contributed by atoms with van der Waals surface area (Å²) in [6.07, 6.45) is 0.341. The zero-order valence-electron chi connectivity index (χ0n) is 11.9. The van der Waals surface area contributed by atoms with E-state index in [0.717, 1.165) is 12.1 Å². The van der Waals surface area contributed by atoms with Crippen molar-refractivity contribution in [2.24, 2.45) is 5.73 Å². The molecule has 0 saturated heterocycles. The van der Waals surface area contributed by atoms with Crippen LogP contribution in [0.2, 0.25) is 0 Å². The first kappa shape index (κ1) is 15.3. The second-order valence-electron chi connectivity index (χ2n) is 4.64. The number of hydrogen-bond acceptors (Lipinski definition) is 3. The fourth-order valence-corrected chi connectivity index (χ4v) is 2.27. The van der Waals surface area contributed by atoms with Crippen LogP contribution in [0, 0.1) is 11.6 Å². The molecule has 1 atom stereocenters. The van der Waals surface area contributed by atoms with Gasteiger partial charge in [0.2, 0.25) is 0 Å². The van der Waals surface area contributed by atoms with Gasteiger partial charge in [0, 0.05) is 6.04 Å². The Hall–Kier alpha value is -2.14. The van der Waals surface area contributed by atoms with Crippen molar-refractivity contribution in [2.75, 3.05) is 14.2 Å². The van der Waals surface area contributed by atoms with Crippen LogP contribution in [-0.2, 0) is 6.42 Å². The first-order valence-electron chi connectivity index (χ1n) is 6.47. The molecule has 0 fully saturated rings. The molecule has 0 aliphatic carbocycles. The lowest BCUT2D eigenvalue weighted by atomic mass is 9.98. The SMILES string of the molecule is COc1cccc(OC)c1C(N)Cc1ccc(F)c(F)c1. The van der Waals surface area contributed by atoms with Crippen molar-refractivity contribution in [3.05, 3.63) is 59.2 Å². The number of hydrogen-bond donors (Lipinski definition) is 1. The molecule has 0 spiro atoms. The van der Waals surface area contributed by atoms with E-state index in [0.29, 0.717) is 29.0 Å². The van der Waals surface area contributed by atoms with Crippen LogP contribution in [0.4, 0.5) is 8.78 Å². The summed E-state index contributed by atoms with van der Waals surface area (Å²) in [5.41, 5.74) is 7.50. The first-order valence-corrected chi connectivity index (χ1v) is 6.47. The van der Waals surface area contributed by atoms with Gasteiger partial charge in [-0.15, -0.1) is 0 Å². The minimum atomic E-state index is -0.883. The number of ether oxygens (including phenoxy) is 2. The van der Waals surface area contributed by atoms with E-state index in [-0.39, 0.29) is 0 Å². The molecular weight excluding hydrogens is 276 g/mol. The molecule has 0 saturated carbocycles. The molecule has 0 heterocycles. The highest BCUT2D eigenvalue weighted by Crippen LogP contribution is 2.34. The van der Waals surface area contributed by atoms with Crippen LogP contribution in [0.3, 0.4) is 0 Å². The molecule has 5 heteroatoms. The summed E-state index contributed by atoms with van der Waals surface area (Å²) >= 11 is 0.